The van der Waals surface area contributed by atoms with Crippen molar-refractivity contribution in [2.24, 2.45) is 0 Å². The van der Waals surface area contributed by atoms with Gasteiger partial charge in [-0.2, -0.15) is 0 Å². The van der Waals surface area contributed by atoms with Crippen LogP contribution in [0.1, 0.15) is 188 Å². The lowest BCUT2D eigenvalue weighted by atomic mass is 9.98. The first-order valence-electron chi connectivity index (χ1n) is 29.5. The van der Waals surface area contributed by atoms with Crippen molar-refractivity contribution in [3.63, 3.8) is 0 Å². The average Bonchev–Trinajstić information content (AvgIpc) is 3.43. The molecule has 1 saturated heterocycles. The van der Waals surface area contributed by atoms with Crippen LogP contribution in [0.15, 0.2) is 158 Å². The summed E-state index contributed by atoms with van der Waals surface area (Å²) >= 11 is 0. The molecule has 0 bridgehead atoms. The van der Waals surface area contributed by atoms with Gasteiger partial charge in [-0.15, -0.1) is 0 Å². The molecule has 1 fully saturated rings. The standard InChI is InChI=1S/C67H100O12/c1-4-7-10-13-16-19-22-25-28-30-33-35-38-41-44-47-50-53-59(68)75-56-58(77-60(69)54-51-48-45-42-39-36-32-27-24-21-18-15-12-9-6-3)57-76-67-65(63(72)62(71)64(79-67)66(73)74)78-61(70)55-52-49-46-43-40-37-34-31-29-26-23-20-17-14-11-8-5-2/h7-12,16-21,25-29,32-35,37,39,42-43,46,58,62-65,67,71-72H,4-6,13-15,22-24,30-31,36,38,40-41,44-45,47-57H2,1-3H3,(H,73,74)/b10-7-,11-8-,12-9-,19-16-,20-17-,21-18-,28-25-,29-26-,32-27-,35-33-,37-34-,42-39-,46-43-. The number of ether oxygens (including phenoxy) is 5. The maximum absolute atomic E-state index is 13.1. The molecule has 1 rings (SSSR count). The number of esters is 3. The van der Waals surface area contributed by atoms with Gasteiger partial charge in [-0.3, -0.25) is 14.4 Å². The summed E-state index contributed by atoms with van der Waals surface area (Å²) in [6, 6.07) is 0. The van der Waals surface area contributed by atoms with E-state index in [1.54, 1.807) is 0 Å². The topological polar surface area (TPSA) is 175 Å². The summed E-state index contributed by atoms with van der Waals surface area (Å²) < 4.78 is 28.3. The zero-order chi connectivity index (χ0) is 57.5. The van der Waals surface area contributed by atoms with Crippen LogP contribution in [-0.2, 0) is 42.9 Å². The molecule has 1 heterocycles. The summed E-state index contributed by atoms with van der Waals surface area (Å²) in [7, 11) is 0. The lowest BCUT2D eigenvalue weighted by Crippen LogP contribution is -2.61. The third-order valence-corrected chi connectivity index (χ3v) is 12.1. The van der Waals surface area contributed by atoms with Crippen LogP contribution in [-0.4, -0.2) is 89.2 Å². The fourth-order valence-corrected chi connectivity index (χ4v) is 7.68. The van der Waals surface area contributed by atoms with Crippen LogP contribution in [0, 0.1) is 0 Å². The normalized spacial score (nSPS) is 19.0. The highest BCUT2D eigenvalue weighted by molar-refractivity contribution is 5.74. The van der Waals surface area contributed by atoms with Gasteiger partial charge >= 0.3 is 23.9 Å². The highest BCUT2D eigenvalue weighted by Gasteiger charge is 2.50. The minimum Gasteiger partial charge on any atom is -0.479 e. The van der Waals surface area contributed by atoms with Crippen LogP contribution < -0.4 is 0 Å². The number of hydrogen-bond donors (Lipinski definition) is 3. The number of hydrogen-bond acceptors (Lipinski definition) is 11. The van der Waals surface area contributed by atoms with E-state index in [1.807, 2.05) is 12.2 Å². The van der Waals surface area contributed by atoms with Gasteiger partial charge in [0.25, 0.3) is 0 Å². The molecule has 1 aliphatic heterocycles. The number of allylic oxidation sites excluding steroid dienone is 26. The molecule has 0 saturated carbocycles. The Hall–Kier alpha value is -5.66. The number of rotatable bonds is 47. The first-order valence-corrected chi connectivity index (χ1v) is 29.5. The second kappa shape index (κ2) is 53.0. The molecule has 0 aromatic rings. The molecule has 0 aromatic carbocycles. The predicted octanol–water partition coefficient (Wildman–Crippen LogP) is 15.3. The summed E-state index contributed by atoms with van der Waals surface area (Å²) in [6.45, 7) is 5.55. The lowest BCUT2D eigenvalue weighted by Gasteiger charge is -2.40. The number of aliphatic carboxylic acids is 1. The smallest absolute Gasteiger partial charge is 0.335 e. The third kappa shape index (κ3) is 42.9. The summed E-state index contributed by atoms with van der Waals surface area (Å²) in [4.78, 5) is 51.1. The van der Waals surface area contributed by atoms with Gasteiger partial charge in [-0.05, 0) is 135 Å². The van der Waals surface area contributed by atoms with Gasteiger partial charge in [0.15, 0.2) is 24.6 Å². The van der Waals surface area contributed by atoms with Crippen molar-refractivity contribution in [2.75, 3.05) is 13.2 Å². The van der Waals surface area contributed by atoms with Crippen molar-refractivity contribution in [1.82, 2.24) is 0 Å². The maximum Gasteiger partial charge on any atom is 0.335 e. The predicted molar refractivity (Wildman–Crippen MR) is 321 cm³/mol. The Balaban J connectivity index is 2.79. The van der Waals surface area contributed by atoms with Crippen LogP contribution in [0.3, 0.4) is 0 Å². The van der Waals surface area contributed by atoms with Crippen LogP contribution in [0.25, 0.3) is 0 Å². The number of aliphatic hydroxyl groups excluding tert-OH is 2. The van der Waals surface area contributed by atoms with Crippen molar-refractivity contribution < 1.29 is 58.2 Å². The highest BCUT2D eigenvalue weighted by atomic mass is 16.7. The van der Waals surface area contributed by atoms with E-state index in [4.69, 9.17) is 23.7 Å². The Morgan fingerprint density at radius 1 is 0.418 bits per heavy atom. The number of carbonyl (C=O) groups excluding carboxylic acids is 3. The fraction of sp³-hybridized carbons (Fsp3) is 0.552. The minimum atomic E-state index is -1.94. The summed E-state index contributed by atoms with van der Waals surface area (Å²) in [6.07, 6.45) is 65.0. The quantitative estimate of drug-likeness (QED) is 0.0228. The molecule has 6 atom stereocenters. The van der Waals surface area contributed by atoms with Crippen LogP contribution in [0.2, 0.25) is 0 Å². The van der Waals surface area contributed by atoms with E-state index >= 15 is 0 Å². The van der Waals surface area contributed by atoms with Crippen LogP contribution in [0.4, 0.5) is 0 Å². The number of carboxylic acid groups (broad SMARTS) is 1. The summed E-state index contributed by atoms with van der Waals surface area (Å²) in [5.74, 6) is -3.32. The van der Waals surface area contributed by atoms with Gasteiger partial charge in [-0.1, -0.05) is 192 Å². The minimum absolute atomic E-state index is 0.0353. The zero-order valence-corrected chi connectivity index (χ0v) is 48.3. The molecule has 1 aliphatic rings. The Morgan fingerprint density at radius 3 is 1.20 bits per heavy atom. The van der Waals surface area contributed by atoms with Crippen LogP contribution >= 0.6 is 0 Å². The summed E-state index contributed by atoms with van der Waals surface area (Å²) in [5.41, 5.74) is 0. The number of aliphatic hydroxyl groups is 2. The first-order chi connectivity index (χ1) is 38.6. The molecule has 0 aliphatic carbocycles. The largest absolute Gasteiger partial charge is 0.479 e. The second-order valence-electron chi connectivity index (χ2n) is 19.1. The van der Waals surface area contributed by atoms with E-state index in [0.717, 1.165) is 122 Å². The SMILES string of the molecule is CC/C=C\C/C=C\C/C=C\C/C=C\C/C=C\CCCC(=O)OC1C(OCC(COC(=O)CCCCCC/C=C\C/C=C\C/C=C\C/C=C\CC)OC(=O)CCCC/C=C\C/C=C\C/C=C\C/C=C\CC)OC(C(=O)O)C(O)C1O. The van der Waals surface area contributed by atoms with Gasteiger partial charge in [0, 0.05) is 19.3 Å². The van der Waals surface area contributed by atoms with E-state index < -0.39 is 67.3 Å². The van der Waals surface area contributed by atoms with Gasteiger partial charge in [0.1, 0.15) is 18.8 Å². The van der Waals surface area contributed by atoms with E-state index in [1.165, 1.54) is 0 Å². The Kier molecular flexibility index (Phi) is 47.9. The Labute approximate surface area is 475 Å². The highest BCUT2D eigenvalue weighted by Crippen LogP contribution is 2.26. The van der Waals surface area contributed by atoms with E-state index in [2.05, 4.69) is 167 Å². The molecule has 12 nitrogen and oxygen atoms in total. The monoisotopic (exact) mass is 1100 g/mol. The molecule has 6 unspecified atom stereocenters. The Morgan fingerprint density at radius 2 is 0.772 bits per heavy atom. The van der Waals surface area contributed by atoms with Gasteiger partial charge in [-0.25, -0.2) is 4.79 Å². The number of unbranched alkanes of at least 4 members (excludes halogenated alkanes) is 7. The van der Waals surface area contributed by atoms with E-state index in [9.17, 15) is 34.5 Å². The molecule has 0 amide bonds. The van der Waals surface area contributed by atoms with Crippen molar-refractivity contribution in [1.29, 1.82) is 0 Å². The molecular weight excluding hydrogens is 997 g/mol. The molecule has 0 aromatic heterocycles. The van der Waals surface area contributed by atoms with Crippen molar-refractivity contribution in [3.05, 3.63) is 158 Å². The molecule has 79 heavy (non-hydrogen) atoms. The molecule has 12 heteroatoms. The summed E-state index contributed by atoms with van der Waals surface area (Å²) in [5, 5.41) is 31.5. The average molecular weight is 1100 g/mol. The van der Waals surface area contributed by atoms with E-state index in [0.29, 0.717) is 25.7 Å². The molecule has 0 spiro atoms. The van der Waals surface area contributed by atoms with Crippen molar-refractivity contribution >= 4 is 23.9 Å². The second-order valence-corrected chi connectivity index (χ2v) is 19.1. The molecule has 3 N–H and O–H groups in total. The fourth-order valence-electron chi connectivity index (χ4n) is 7.68. The van der Waals surface area contributed by atoms with Gasteiger partial charge < -0.3 is 39.0 Å². The third-order valence-electron chi connectivity index (χ3n) is 12.1. The van der Waals surface area contributed by atoms with Crippen molar-refractivity contribution in [3.8, 4) is 0 Å². The zero-order valence-electron chi connectivity index (χ0n) is 48.3. The van der Waals surface area contributed by atoms with Gasteiger partial charge in [0.05, 0.1) is 6.61 Å². The lowest BCUT2D eigenvalue weighted by molar-refractivity contribution is -0.301. The number of carbonyl (C=O) groups is 4. The maximum atomic E-state index is 13.1. The molecular formula is C67H100O12. The van der Waals surface area contributed by atoms with Crippen molar-refractivity contribution in [2.45, 2.75) is 225 Å². The van der Waals surface area contributed by atoms with Crippen LogP contribution in [0.5, 0.6) is 0 Å². The molecule has 440 valence electrons. The number of carboxylic acids is 1. The van der Waals surface area contributed by atoms with E-state index in [-0.39, 0.29) is 25.9 Å². The first kappa shape index (κ1) is 71.4. The molecule has 0 radical (unpaired) electrons. The van der Waals surface area contributed by atoms with Gasteiger partial charge in [0.2, 0.25) is 0 Å². The Bertz CT molecular complexity index is 1980.